The third-order valence-electron chi connectivity index (χ3n) is 4.28. The van der Waals surface area contributed by atoms with Gasteiger partial charge in [0.1, 0.15) is 5.82 Å². The highest BCUT2D eigenvalue weighted by atomic mass is 19.1. The first kappa shape index (κ1) is 16.0. The Morgan fingerprint density at radius 2 is 1.42 bits per heavy atom. The highest BCUT2D eigenvalue weighted by Crippen LogP contribution is 2.27. The van der Waals surface area contributed by atoms with Crippen molar-refractivity contribution in [3.05, 3.63) is 95.8 Å². The van der Waals surface area contributed by atoms with Crippen LogP contribution in [0, 0.1) is 5.82 Å². The van der Waals surface area contributed by atoms with Gasteiger partial charge in [0.15, 0.2) is 0 Å². The minimum absolute atomic E-state index is 0.353. The maximum absolute atomic E-state index is 13.0. The van der Waals surface area contributed by atoms with Gasteiger partial charge in [0.05, 0.1) is 6.21 Å². The van der Waals surface area contributed by atoms with E-state index in [4.69, 9.17) is 0 Å². The van der Waals surface area contributed by atoms with Crippen molar-refractivity contribution < 1.29 is 9.18 Å². The van der Waals surface area contributed by atoms with Crippen molar-refractivity contribution in [3.8, 4) is 0 Å². The summed E-state index contributed by atoms with van der Waals surface area (Å²) in [5.74, 6) is -0.766. The monoisotopic (exact) mass is 342 g/mol. The molecular formula is C22H15FN2O. The average molecular weight is 342 g/mol. The van der Waals surface area contributed by atoms with E-state index in [1.807, 2.05) is 36.4 Å². The molecule has 0 aliphatic heterocycles. The van der Waals surface area contributed by atoms with Gasteiger partial charge in [-0.1, -0.05) is 48.5 Å². The van der Waals surface area contributed by atoms with Gasteiger partial charge in [-0.25, -0.2) is 9.82 Å². The minimum Gasteiger partial charge on any atom is -0.267 e. The van der Waals surface area contributed by atoms with Crippen LogP contribution in [0.2, 0.25) is 0 Å². The van der Waals surface area contributed by atoms with E-state index >= 15 is 0 Å². The summed E-state index contributed by atoms with van der Waals surface area (Å²) in [6, 6.07) is 23.6. The van der Waals surface area contributed by atoms with Crippen LogP contribution in [0.1, 0.15) is 15.9 Å². The van der Waals surface area contributed by atoms with Crippen LogP contribution in [0.5, 0.6) is 0 Å². The molecule has 0 atom stereocenters. The maximum Gasteiger partial charge on any atom is 0.271 e. The van der Waals surface area contributed by atoms with Crippen molar-refractivity contribution in [2.75, 3.05) is 0 Å². The fourth-order valence-electron chi connectivity index (χ4n) is 3.01. The number of benzene rings is 4. The number of hydrogen-bond acceptors (Lipinski definition) is 2. The van der Waals surface area contributed by atoms with Crippen LogP contribution in [0.4, 0.5) is 4.39 Å². The minimum atomic E-state index is -0.384. The van der Waals surface area contributed by atoms with E-state index in [1.54, 1.807) is 6.21 Å². The summed E-state index contributed by atoms with van der Waals surface area (Å²) in [7, 11) is 0. The molecule has 4 aromatic carbocycles. The molecule has 0 radical (unpaired) electrons. The smallest absolute Gasteiger partial charge is 0.267 e. The second-order valence-electron chi connectivity index (χ2n) is 5.94. The Bertz CT molecular complexity index is 1080. The van der Waals surface area contributed by atoms with Gasteiger partial charge in [-0.2, -0.15) is 5.10 Å². The first-order valence-corrected chi connectivity index (χ1v) is 8.22. The molecule has 0 aliphatic rings. The number of hydrazone groups is 1. The maximum atomic E-state index is 13.0. The first-order chi connectivity index (χ1) is 12.7. The van der Waals surface area contributed by atoms with Crippen LogP contribution in [0.3, 0.4) is 0 Å². The fraction of sp³-hybridized carbons (Fsp3) is 0. The highest BCUT2D eigenvalue weighted by Gasteiger charge is 2.07. The van der Waals surface area contributed by atoms with Crippen LogP contribution < -0.4 is 5.43 Å². The van der Waals surface area contributed by atoms with E-state index in [-0.39, 0.29) is 11.7 Å². The van der Waals surface area contributed by atoms with E-state index in [0.29, 0.717) is 5.56 Å². The zero-order chi connectivity index (χ0) is 17.9. The zero-order valence-corrected chi connectivity index (χ0v) is 13.8. The van der Waals surface area contributed by atoms with Crippen molar-refractivity contribution >= 4 is 33.7 Å². The van der Waals surface area contributed by atoms with Gasteiger partial charge in [0.25, 0.3) is 5.91 Å². The normalized spacial score (nSPS) is 11.3. The molecule has 1 amide bonds. The molecule has 3 nitrogen and oxygen atoms in total. The molecule has 4 rings (SSSR count). The van der Waals surface area contributed by atoms with Crippen LogP contribution in [-0.4, -0.2) is 12.1 Å². The molecule has 0 unspecified atom stereocenters. The van der Waals surface area contributed by atoms with Crippen LogP contribution in [-0.2, 0) is 0 Å². The molecular weight excluding hydrogens is 327 g/mol. The molecule has 0 saturated heterocycles. The van der Waals surface area contributed by atoms with Crippen molar-refractivity contribution in [2.45, 2.75) is 0 Å². The molecule has 126 valence electrons. The second-order valence-corrected chi connectivity index (χ2v) is 5.94. The number of carbonyl (C=O) groups excluding carboxylic acids is 1. The fourth-order valence-corrected chi connectivity index (χ4v) is 3.01. The van der Waals surface area contributed by atoms with E-state index < -0.39 is 0 Å². The molecule has 1 N–H and O–H groups in total. The molecule has 0 aliphatic carbocycles. The molecule has 0 saturated carbocycles. The Kier molecular flexibility index (Phi) is 4.15. The van der Waals surface area contributed by atoms with E-state index in [9.17, 15) is 9.18 Å². The van der Waals surface area contributed by atoms with Gasteiger partial charge in [-0.05, 0) is 51.9 Å². The SMILES string of the molecule is O=C(NN=Cc1c2ccccc2cc2ccccc12)c1ccc(F)cc1. The lowest BCUT2D eigenvalue weighted by atomic mass is 9.97. The van der Waals surface area contributed by atoms with E-state index in [0.717, 1.165) is 27.1 Å². The van der Waals surface area contributed by atoms with E-state index in [2.05, 4.69) is 28.7 Å². The number of amides is 1. The van der Waals surface area contributed by atoms with Crippen LogP contribution in [0.25, 0.3) is 21.5 Å². The Morgan fingerprint density at radius 3 is 2.04 bits per heavy atom. The lowest BCUT2D eigenvalue weighted by molar-refractivity contribution is 0.0955. The second kappa shape index (κ2) is 6.76. The molecule has 0 spiro atoms. The highest BCUT2D eigenvalue weighted by molar-refractivity contribution is 6.13. The van der Waals surface area contributed by atoms with Crippen molar-refractivity contribution in [1.82, 2.24) is 5.43 Å². The molecule has 26 heavy (non-hydrogen) atoms. The summed E-state index contributed by atoms with van der Waals surface area (Å²) < 4.78 is 13.0. The predicted octanol–water partition coefficient (Wildman–Crippen LogP) is 4.90. The molecule has 4 heteroatoms. The average Bonchev–Trinajstić information content (AvgIpc) is 2.68. The summed E-state index contributed by atoms with van der Waals surface area (Å²) in [5, 5.41) is 8.46. The number of nitrogens with zero attached hydrogens (tertiary/aromatic N) is 1. The molecule has 0 heterocycles. The van der Waals surface area contributed by atoms with Gasteiger partial charge in [-0.15, -0.1) is 0 Å². The van der Waals surface area contributed by atoms with Crippen molar-refractivity contribution in [2.24, 2.45) is 5.10 Å². The Morgan fingerprint density at radius 1 is 0.846 bits per heavy atom. The number of rotatable bonds is 3. The van der Waals surface area contributed by atoms with Gasteiger partial charge in [0.2, 0.25) is 0 Å². The molecule has 4 aromatic rings. The predicted molar refractivity (Wildman–Crippen MR) is 103 cm³/mol. The van der Waals surface area contributed by atoms with Crippen LogP contribution >= 0.6 is 0 Å². The number of hydrogen-bond donors (Lipinski definition) is 1. The quantitative estimate of drug-likeness (QED) is 0.321. The number of nitrogens with one attached hydrogen (secondary N) is 1. The van der Waals surface area contributed by atoms with Gasteiger partial charge in [0, 0.05) is 11.1 Å². The van der Waals surface area contributed by atoms with Gasteiger partial charge in [-0.3, -0.25) is 4.79 Å². The van der Waals surface area contributed by atoms with Gasteiger partial charge >= 0.3 is 0 Å². The number of carbonyl (C=O) groups is 1. The van der Waals surface area contributed by atoms with Crippen molar-refractivity contribution in [3.63, 3.8) is 0 Å². The summed E-state index contributed by atoms with van der Waals surface area (Å²) in [5.41, 5.74) is 3.80. The summed E-state index contributed by atoms with van der Waals surface area (Å²) in [6.45, 7) is 0. The lowest BCUT2D eigenvalue weighted by Gasteiger charge is -2.08. The van der Waals surface area contributed by atoms with Crippen molar-refractivity contribution in [1.29, 1.82) is 0 Å². The summed E-state index contributed by atoms with van der Waals surface area (Å²) in [4.78, 5) is 12.1. The lowest BCUT2D eigenvalue weighted by Crippen LogP contribution is -2.17. The summed E-state index contributed by atoms with van der Waals surface area (Å²) in [6.07, 6.45) is 1.66. The Hall–Kier alpha value is -3.53. The Balaban J connectivity index is 1.70. The third-order valence-corrected chi connectivity index (χ3v) is 4.28. The molecule has 0 aromatic heterocycles. The zero-order valence-electron chi connectivity index (χ0n) is 13.8. The molecule has 0 bridgehead atoms. The first-order valence-electron chi connectivity index (χ1n) is 8.22. The summed E-state index contributed by atoms with van der Waals surface area (Å²) >= 11 is 0. The van der Waals surface area contributed by atoms with Gasteiger partial charge < -0.3 is 0 Å². The standard InChI is InChI=1S/C22H15FN2O/c23-18-11-9-15(10-12-18)22(26)25-24-14-21-19-7-3-1-5-16(19)13-17-6-2-4-8-20(17)21/h1-14H,(H,25,26). The largest absolute Gasteiger partial charge is 0.271 e. The Labute approximate surface area is 149 Å². The number of halogens is 1. The molecule has 0 fully saturated rings. The van der Waals surface area contributed by atoms with E-state index in [1.165, 1.54) is 24.3 Å². The number of fused-ring (bicyclic) bond motifs is 2. The third kappa shape index (κ3) is 3.05. The van der Waals surface area contributed by atoms with Crippen LogP contribution in [0.15, 0.2) is 84.0 Å². The topological polar surface area (TPSA) is 41.5 Å².